The van der Waals surface area contributed by atoms with Crippen LogP contribution in [0, 0.1) is 0 Å². The normalized spacial score (nSPS) is 19.3. The van der Waals surface area contributed by atoms with E-state index < -0.39 is 0 Å². The van der Waals surface area contributed by atoms with Crippen molar-refractivity contribution in [1.82, 2.24) is 9.80 Å². The highest BCUT2D eigenvalue weighted by molar-refractivity contribution is 6.31. The Hall–Kier alpha value is -0.570. The minimum absolute atomic E-state index is 0.886. The molecule has 2 rings (SSSR count). The number of rotatable bonds is 2. The van der Waals surface area contributed by atoms with Crippen LogP contribution in [0.25, 0.3) is 0 Å². The third kappa shape index (κ3) is 2.94. The lowest BCUT2D eigenvalue weighted by atomic mass is 10.2. The van der Waals surface area contributed by atoms with Crippen molar-refractivity contribution in [3.63, 3.8) is 0 Å². The lowest BCUT2D eigenvalue weighted by Crippen LogP contribution is -2.43. The largest absolute Gasteiger partial charge is 0.304 e. The van der Waals surface area contributed by atoms with Crippen molar-refractivity contribution >= 4 is 11.6 Å². The van der Waals surface area contributed by atoms with Gasteiger partial charge >= 0.3 is 0 Å². The number of likely N-dealkylation sites (N-methyl/N-ethyl adjacent to an activating group) is 1. The highest BCUT2D eigenvalue weighted by Crippen LogP contribution is 2.17. The summed E-state index contributed by atoms with van der Waals surface area (Å²) in [5, 5.41) is 0.886. The fourth-order valence-electron chi connectivity index (χ4n) is 1.87. The zero-order valence-corrected chi connectivity index (χ0v) is 9.87. The lowest BCUT2D eigenvalue weighted by Gasteiger charge is -2.32. The molecule has 0 amide bonds. The van der Waals surface area contributed by atoms with Gasteiger partial charge in [-0.05, 0) is 18.7 Å². The Labute approximate surface area is 96.4 Å². The van der Waals surface area contributed by atoms with Gasteiger partial charge in [-0.1, -0.05) is 29.8 Å². The van der Waals surface area contributed by atoms with Crippen LogP contribution in [-0.2, 0) is 6.54 Å². The molecule has 2 nitrogen and oxygen atoms in total. The van der Waals surface area contributed by atoms with Gasteiger partial charge in [0.15, 0.2) is 0 Å². The Kier molecular flexibility index (Phi) is 3.62. The van der Waals surface area contributed by atoms with Crippen LogP contribution in [0.4, 0.5) is 0 Å². The average Bonchev–Trinajstić information content (AvgIpc) is 2.25. The SMILES string of the molecule is CN1CCN(Cc2ccccc2Cl)CC1. The van der Waals surface area contributed by atoms with Gasteiger partial charge in [-0.3, -0.25) is 4.90 Å². The predicted octanol–water partition coefficient (Wildman–Crippen LogP) is 2.09. The van der Waals surface area contributed by atoms with Gasteiger partial charge in [0.1, 0.15) is 0 Å². The van der Waals surface area contributed by atoms with Crippen LogP contribution in [0.5, 0.6) is 0 Å². The molecule has 1 aromatic carbocycles. The number of hydrogen-bond donors (Lipinski definition) is 0. The summed E-state index contributed by atoms with van der Waals surface area (Å²) in [7, 11) is 2.17. The van der Waals surface area contributed by atoms with Crippen molar-refractivity contribution in [2.45, 2.75) is 6.54 Å². The van der Waals surface area contributed by atoms with E-state index in [0.717, 1.165) is 37.7 Å². The summed E-state index contributed by atoms with van der Waals surface area (Å²) in [4.78, 5) is 4.82. The predicted molar refractivity (Wildman–Crippen MR) is 64.2 cm³/mol. The third-order valence-corrected chi connectivity index (χ3v) is 3.32. The summed E-state index contributed by atoms with van der Waals surface area (Å²) in [6.45, 7) is 5.58. The highest BCUT2D eigenvalue weighted by atomic mass is 35.5. The summed E-state index contributed by atoms with van der Waals surface area (Å²) >= 11 is 6.14. The van der Waals surface area contributed by atoms with Gasteiger partial charge in [-0.25, -0.2) is 0 Å². The van der Waals surface area contributed by atoms with E-state index in [1.54, 1.807) is 0 Å². The number of halogens is 1. The molecule has 0 aromatic heterocycles. The average molecular weight is 225 g/mol. The van der Waals surface area contributed by atoms with Crippen LogP contribution in [0.15, 0.2) is 24.3 Å². The molecule has 0 unspecified atom stereocenters. The summed E-state index contributed by atoms with van der Waals surface area (Å²) < 4.78 is 0. The van der Waals surface area contributed by atoms with Gasteiger partial charge < -0.3 is 4.90 Å². The molecule has 3 heteroatoms. The Bertz CT molecular complexity index is 319. The van der Waals surface area contributed by atoms with Gasteiger partial charge in [0.05, 0.1) is 0 Å². The fraction of sp³-hybridized carbons (Fsp3) is 0.500. The Morgan fingerprint density at radius 2 is 1.80 bits per heavy atom. The maximum atomic E-state index is 6.14. The first-order chi connectivity index (χ1) is 7.25. The van der Waals surface area contributed by atoms with E-state index in [1.165, 1.54) is 5.56 Å². The van der Waals surface area contributed by atoms with Crippen molar-refractivity contribution in [3.05, 3.63) is 34.9 Å². The minimum atomic E-state index is 0.886. The second-order valence-electron chi connectivity index (χ2n) is 4.17. The standard InChI is InChI=1S/C12H17ClN2/c1-14-6-8-15(9-7-14)10-11-4-2-3-5-12(11)13/h2-5H,6-10H2,1H3. The highest BCUT2D eigenvalue weighted by Gasteiger charge is 2.14. The lowest BCUT2D eigenvalue weighted by molar-refractivity contribution is 0.148. The first-order valence-corrected chi connectivity index (χ1v) is 5.78. The van der Waals surface area contributed by atoms with Crippen molar-refractivity contribution < 1.29 is 0 Å². The molecule has 15 heavy (non-hydrogen) atoms. The monoisotopic (exact) mass is 224 g/mol. The van der Waals surface area contributed by atoms with E-state index in [0.29, 0.717) is 0 Å². The molecule has 1 saturated heterocycles. The van der Waals surface area contributed by atoms with E-state index >= 15 is 0 Å². The molecule has 1 heterocycles. The minimum Gasteiger partial charge on any atom is -0.304 e. The molecule has 82 valence electrons. The van der Waals surface area contributed by atoms with Crippen molar-refractivity contribution in [3.8, 4) is 0 Å². The molecule has 1 fully saturated rings. The zero-order valence-electron chi connectivity index (χ0n) is 9.12. The van der Waals surface area contributed by atoms with E-state index in [-0.39, 0.29) is 0 Å². The second kappa shape index (κ2) is 4.97. The number of nitrogens with zero attached hydrogens (tertiary/aromatic N) is 2. The molecule has 0 aliphatic carbocycles. The van der Waals surface area contributed by atoms with E-state index in [1.807, 2.05) is 12.1 Å². The second-order valence-corrected chi connectivity index (χ2v) is 4.58. The van der Waals surface area contributed by atoms with Gasteiger partial charge in [0, 0.05) is 37.7 Å². The van der Waals surface area contributed by atoms with Gasteiger partial charge in [-0.2, -0.15) is 0 Å². The number of benzene rings is 1. The van der Waals surface area contributed by atoms with Crippen LogP contribution in [0.1, 0.15) is 5.56 Å². The summed E-state index contributed by atoms with van der Waals surface area (Å²) in [6.07, 6.45) is 0. The quantitative estimate of drug-likeness (QED) is 0.759. The zero-order chi connectivity index (χ0) is 10.7. The Morgan fingerprint density at radius 3 is 2.47 bits per heavy atom. The van der Waals surface area contributed by atoms with Crippen molar-refractivity contribution in [2.24, 2.45) is 0 Å². The third-order valence-electron chi connectivity index (χ3n) is 2.95. The van der Waals surface area contributed by atoms with Gasteiger partial charge in [0.2, 0.25) is 0 Å². The Balaban J connectivity index is 1.95. The van der Waals surface area contributed by atoms with E-state index in [4.69, 9.17) is 11.6 Å². The molecule has 0 bridgehead atoms. The van der Waals surface area contributed by atoms with Crippen LogP contribution >= 0.6 is 11.6 Å². The van der Waals surface area contributed by atoms with Gasteiger partial charge in [0.25, 0.3) is 0 Å². The molecule has 0 spiro atoms. The molecule has 0 N–H and O–H groups in total. The molecule has 0 radical (unpaired) electrons. The van der Waals surface area contributed by atoms with E-state index in [2.05, 4.69) is 29.0 Å². The molecule has 1 aliphatic heterocycles. The van der Waals surface area contributed by atoms with Crippen LogP contribution in [-0.4, -0.2) is 43.0 Å². The summed E-state index contributed by atoms with van der Waals surface area (Å²) in [6, 6.07) is 8.11. The van der Waals surface area contributed by atoms with Crippen molar-refractivity contribution in [2.75, 3.05) is 33.2 Å². The molecule has 0 saturated carbocycles. The van der Waals surface area contributed by atoms with Crippen molar-refractivity contribution in [1.29, 1.82) is 0 Å². The maximum absolute atomic E-state index is 6.14. The summed E-state index contributed by atoms with van der Waals surface area (Å²) in [5.74, 6) is 0. The molecule has 1 aromatic rings. The maximum Gasteiger partial charge on any atom is 0.0451 e. The van der Waals surface area contributed by atoms with Crippen LogP contribution < -0.4 is 0 Å². The first-order valence-electron chi connectivity index (χ1n) is 5.40. The number of piperazine rings is 1. The molecule has 1 aliphatic rings. The molecule has 0 atom stereocenters. The van der Waals surface area contributed by atoms with Gasteiger partial charge in [-0.15, -0.1) is 0 Å². The smallest absolute Gasteiger partial charge is 0.0451 e. The van der Waals surface area contributed by atoms with Crippen LogP contribution in [0.3, 0.4) is 0 Å². The van der Waals surface area contributed by atoms with E-state index in [9.17, 15) is 0 Å². The topological polar surface area (TPSA) is 6.48 Å². The summed E-state index contributed by atoms with van der Waals surface area (Å²) in [5.41, 5.74) is 1.24. The first kappa shape index (κ1) is 10.9. The number of hydrogen-bond acceptors (Lipinski definition) is 2. The molecular weight excluding hydrogens is 208 g/mol. The van der Waals surface area contributed by atoms with Crippen LogP contribution in [0.2, 0.25) is 5.02 Å². The fourth-order valence-corrected chi connectivity index (χ4v) is 2.07. The Morgan fingerprint density at radius 1 is 1.13 bits per heavy atom. The molecular formula is C12H17ClN2.